The van der Waals surface area contributed by atoms with Crippen LogP contribution in [-0.2, 0) is 9.59 Å². The van der Waals surface area contributed by atoms with E-state index < -0.39 is 0 Å². The second-order valence-corrected chi connectivity index (χ2v) is 4.94. The SMILES string of the molecule is CC(C)(C)CC(=O)NCC(=O)NCCCO. The van der Waals surface area contributed by atoms with Crippen molar-refractivity contribution in [1.29, 1.82) is 0 Å². The standard InChI is InChI=1S/C11H22N2O3/c1-11(2,3)7-9(15)13-8-10(16)12-5-4-6-14/h14H,4-8H2,1-3H3,(H,12,16)(H,13,15). The smallest absolute Gasteiger partial charge is 0.239 e. The summed E-state index contributed by atoms with van der Waals surface area (Å²) in [5, 5.41) is 13.6. The zero-order chi connectivity index (χ0) is 12.6. The van der Waals surface area contributed by atoms with Crippen LogP contribution in [0.15, 0.2) is 0 Å². The van der Waals surface area contributed by atoms with E-state index in [4.69, 9.17) is 5.11 Å². The molecule has 0 rings (SSSR count). The average Bonchev–Trinajstić information content (AvgIpc) is 2.12. The zero-order valence-corrected chi connectivity index (χ0v) is 10.3. The number of rotatable bonds is 6. The van der Waals surface area contributed by atoms with E-state index in [1.54, 1.807) is 0 Å². The van der Waals surface area contributed by atoms with Gasteiger partial charge in [0.15, 0.2) is 0 Å². The van der Waals surface area contributed by atoms with E-state index in [0.29, 0.717) is 19.4 Å². The van der Waals surface area contributed by atoms with E-state index in [9.17, 15) is 9.59 Å². The Morgan fingerprint density at radius 1 is 1.12 bits per heavy atom. The predicted octanol–water partition coefficient (Wildman–Crippen LogP) is 0.0374. The number of carbonyl (C=O) groups is 2. The Morgan fingerprint density at radius 2 is 1.75 bits per heavy atom. The zero-order valence-electron chi connectivity index (χ0n) is 10.3. The lowest BCUT2D eigenvalue weighted by molar-refractivity contribution is -0.127. The lowest BCUT2D eigenvalue weighted by Crippen LogP contribution is -2.38. The molecule has 16 heavy (non-hydrogen) atoms. The van der Waals surface area contributed by atoms with Gasteiger partial charge in [-0.2, -0.15) is 0 Å². The lowest BCUT2D eigenvalue weighted by Gasteiger charge is -2.17. The molecule has 0 bridgehead atoms. The molecule has 94 valence electrons. The van der Waals surface area contributed by atoms with Crippen LogP contribution in [0, 0.1) is 5.41 Å². The molecule has 2 amide bonds. The molecular weight excluding hydrogens is 208 g/mol. The first-order chi connectivity index (χ1) is 7.35. The maximum atomic E-state index is 11.4. The van der Waals surface area contributed by atoms with Gasteiger partial charge in [-0.3, -0.25) is 9.59 Å². The summed E-state index contributed by atoms with van der Waals surface area (Å²) < 4.78 is 0. The molecule has 0 radical (unpaired) electrons. The van der Waals surface area contributed by atoms with Crippen LogP contribution < -0.4 is 10.6 Å². The van der Waals surface area contributed by atoms with Crippen molar-refractivity contribution in [3.05, 3.63) is 0 Å². The van der Waals surface area contributed by atoms with Crippen molar-refractivity contribution in [2.75, 3.05) is 19.7 Å². The van der Waals surface area contributed by atoms with E-state index in [1.807, 2.05) is 20.8 Å². The van der Waals surface area contributed by atoms with Crippen molar-refractivity contribution in [3.63, 3.8) is 0 Å². The third kappa shape index (κ3) is 9.45. The normalized spacial score (nSPS) is 11.0. The van der Waals surface area contributed by atoms with E-state index in [1.165, 1.54) is 0 Å². The van der Waals surface area contributed by atoms with Crippen LogP contribution in [0.4, 0.5) is 0 Å². The Hall–Kier alpha value is -1.10. The fourth-order valence-corrected chi connectivity index (χ4v) is 1.09. The molecule has 0 fully saturated rings. The fraction of sp³-hybridized carbons (Fsp3) is 0.818. The van der Waals surface area contributed by atoms with Gasteiger partial charge in [-0.1, -0.05) is 20.8 Å². The van der Waals surface area contributed by atoms with Crippen LogP contribution >= 0.6 is 0 Å². The maximum Gasteiger partial charge on any atom is 0.239 e. The van der Waals surface area contributed by atoms with Crippen LogP contribution in [0.25, 0.3) is 0 Å². The molecular formula is C11H22N2O3. The molecule has 0 unspecified atom stereocenters. The van der Waals surface area contributed by atoms with Crippen LogP contribution in [0.3, 0.4) is 0 Å². The molecule has 0 spiro atoms. The minimum atomic E-state index is -0.226. The summed E-state index contributed by atoms with van der Waals surface area (Å²) >= 11 is 0. The van der Waals surface area contributed by atoms with Crippen LogP contribution in [0.2, 0.25) is 0 Å². The van der Waals surface area contributed by atoms with E-state index in [2.05, 4.69) is 10.6 Å². The van der Waals surface area contributed by atoms with Gasteiger partial charge in [0.2, 0.25) is 11.8 Å². The Labute approximate surface area is 96.6 Å². The van der Waals surface area contributed by atoms with E-state index in [-0.39, 0.29) is 30.4 Å². The van der Waals surface area contributed by atoms with Gasteiger partial charge in [0.1, 0.15) is 0 Å². The van der Waals surface area contributed by atoms with Gasteiger partial charge in [0.25, 0.3) is 0 Å². The minimum Gasteiger partial charge on any atom is -0.396 e. The first-order valence-corrected chi connectivity index (χ1v) is 5.49. The summed E-state index contributed by atoms with van der Waals surface area (Å²) in [6, 6.07) is 0. The van der Waals surface area contributed by atoms with Gasteiger partial charge in [-0.05, 0) is 11.8 Å². The molecule has 0 heterocycles. The first kappa shape index (κ1) is 14.9. The molecule has 3 N–H and O–H groups in total. The number of amides is 2. The molecule has 0 saturated heterocycles. The van der Waals surface area contributed by atoms with Crippen LogP contribution in [0.1, 0.15) is 33.6 Å². The molecule has 0 saturated carbocycles. The Kier molecular flexibility index (Phi) is 6.72. The number of hydrogen-bond acceptors (Lipinski definition) is 3. The Morgan fingerprint density at radius 3 is 2.25 bits per heavy atom. The molecule has 0 aliphatic heterocycles. The summed E-state index contributed by atoms with van der Waals surface area (Å²) in [5.41, 5.74) is -0.0720. The molecule has 5 nitrogen and oxygen atoms in total. The number of aliphatic hydroxyl groups is 1. The molecule has 0 atom stereocenters. The van der Waals surface area contributed by atoms with Gasteiger partial charge < -0.3 is 15.7 Å². The first-order valence-electron chi connectivity index (χ1n) is 5.49. The van der Waals surface area contributed by atoms with Gasteiger partial charge in [0, 0.05) is 19.6 Å². The molecule has 5 heteroatoms. The van der Waals surface area contributed by atoms with Gasteiger partial charge >= 0.3 is 0 Å². The van der Waals surface area contributed by atoms with Crippen molar-refractivity contribution < 1.29 is 14.7 Å². The van der Waals surface area contributed by atoms with Crippen LogP contribution in [0.5, 0.6) is 0 Å². The van der Waals surface area contributed by atoms with Crippen molar-refractivity contribution >= 4 is 11.8 Å². The van der Waals surface area contributed by atoms with Crippen molar-refractivity contribution in [2.45, 2.75) is 33.6 Å². The topological polar surface area (TPSA) is 78.4 Å². The van der Waals surface area contributed by atoms with E-state index >= 15 is 0 Å². The number of aliphatic hydroxyl groups excluding tert-OH is 1. The second-order valence-electron chi connectivity index (χ2n) is 4.94. The molecule has 0 aromatic heterocycles. The summed E-state index contributed by atoms with van der Waals surface area (Å²) in [5.74, 6) is -0.347. The highest BCUT2D eigenvalue weighted by Gasteiger charge is 2.16. The Balaban J connectivity index is 3.63. The highest BCUT2D eigenvalue weighted by Crippen LogP contribution is 2.17. The number of hydrogen-bond donors (Lipinski definition) is 3. The summed E-state index contributed by atoms with van der Waals surface area (Å²) in [6.45, 7) is 6.39. The van der Waals surface area contributed by atoms with Gasteiger partial charge in [-0.25, -0.2) is 0 Å². The Bertz CT molecular complexity index is 234. The maximum absolute atomic E-state index is 11.4. The average molecular weight is 230 g/mol. The van der Waals surface area contributed by atoms with Gasteiger partial charge in [-0.15, -0.1) is 0 Å². The van der Waals surface area contributed by atoms with Gasteiger partial charge in [0.05, 0.1) is 6.54 Å². The fourth-order valence-electron chi connectivity index (χ4n) is 1.09. The number of nitrogens with one attached hydrogen (secondary N) is 2. The quantitative estimate of drug-likeness (QED) is 0.564. The van der Waals surface area contributed by atoms with Crippen LogP contribution in [-0.4, -0.2) is 36.6 Å². The van der Waals surface area contributed by atoms with Crippen molar-refractivity contribution in [2.24, 2.45) is 5.41 Å². The van der Waals surface area contributed by atoms with E-state index in [0.717, 1.165) is 0 Å². The molecule has 0 aliphatic carbocycles. The summed E-state index contributed by atoms with van der Waals surface area (Å²) in [4.78, 5) is 22.5. The molecule has 0 aliphatic rings. The lowest BCUT2D eigenvalue weighted by atomic mass is 9.92. The summed E-state index contributed by atoms with van der Waals surface area (Å²) in [7, 11) is 0. The monoisotopic (exact) mass is 230 g/mol. The van der Waals surface area contributed by atoms with Crippen molar-refractivity contribution in [1.82, 2.24) is 10.6 Å². The summed E-state index contributed by atoms with van der Waals surface area (Å²) in [6.07, 6.45) is 0.929. The molecule has 0 aromatic carbocycles. The predicted molar refractivity (Wildman–Crippen MR) is 61.8 cm³/mol. The second kappa shape index (κ2) is 7.22. The highest BCUT2D eigenvalue weighted by atomic mass is 16.3. The number of carbonyl (C=O) groups excluding carboxylic acids is 2. The third-order valence-electron chi connectivity index (χ3n) is 1.79. The van der Waals surface area contributed by atoms with Crippen molar-refractivity contribution in [3.8, 4) is 0 Å². The minimum absolute atomic E-state index is 0.000339. The highest BCUT2D eigenvalue weighted by molar-refractivity contribution is 5.84. The molecule has 0 aromatic rings. The largest absolute Gasteiger partial charge is 0.396 e. The third-order valence-corrected chi connectivity index (χ3v) is 1.79.